The van der Waals surface area contributed by atoms with E-state index in [2.05, 4.69) is 0 Å². The molecule has 0 aromatic heterocycles. The Morgan fingerprint density at radius 3 is 2.65 bits per heavy atom. The van der Waals surface area contributed by atoms with Crippen LogP contribution in [0.4, 0.5) is 0 Å². The van der Waals surface area contributed by atoms with E-state index in [0.717, 1.165) is 0 Å². The fourth-order valence-corrected chi connectivity index (χ4v) is 1.54. The quantitative estimate of drug-likeness (QED) is 0.755. The molecule has 1 aromatic carbocycles. The van der Waals surface area contributed by atoms with Gasteiger partial charge in [-0.2, -0.15) is 0 Å². The summed E-state index contributed by atoms with van der Waals surface area (Å²) in [6, 6.07) is 7.05. The SMILES string of the molecule is CC(=O)c1ccccc1OCC(O)CN(C)C. The van der Waals surface area contributed by atoms with Crippen molar-refractivity contribution in [3.05, 3.63) is 29.8 Å². The second kappa shape index (κ2) is 6.37. The molecule has 0 heterocycles. The smallest absolute Gasteiger partial charge is 0.163 e. The number of benzene rings is 1. The van der Waals surface area contributed by atoms with E-state index in [0.29, 0.717) is 17.9 Å². The van der Waals surface area contributed by atoms with Gasteiger partial charge in [0.1, 0.15) is 18.5 Å². The van der Waals surface area contributed by atoms with E-state index in [9.17, 15) is 9.90 Å². The molecular weight excluding hydrogens is 218 g/mol. The number of para-hydroxylation sites is 1. The molecule has 0 aliphatic rings. The summed E-state index contributed by atoms with van der Waals surface area (Å²) in [5.41, 5.74) is 0.546. The Balaban J connectivity index is 2.60. The molecule has 0 saturated heterocycles. The molecule has 0 saturated carbocycles. The van der Waals surface area contributed by atoms with Crippen LogP contribution in [0.25, 0.3) is 0 Å². The summed E-state index contributed by atoms with van der Waals surface area (Å²) in [6.45, 7) is 2.21. The monoisotopic (exact) mass is 237 g/mol. The Morgan fingerprint density at radius 1 is 1.41 bits per heavy atom. The lowest BCUT2D eigenvalue weighted by molar-refractivity contribution is 0.0816. The van der Waals surface area contributed by atoms with E-state index in [4.69, 9.17) is 4.74 Å². The third-order valence-electron chi connectivity index (χ3n) is 2.27. The number of hydrogen-bond acceptors (Lipinski definition) is 4. The minimum absolute atomic E-state index is 0.0392. The van der Waals surface area contributed by atoms with Gasteiger partial charge < -0.3 is 14.7 Å². The first-order chi connectivity index (χ1) is 8.00. The molecule has 4 heteroatoms. The van der Waals surface area contributed by atoms with Crippen molar-refractivity contribution in [1.82, 2.24) is 4.90 Å². The maximum Gasteiger partial charge on any atom is 0.163 e. The van der Waals surface area contributed by atoms with E-state index in [1.807, 2.05) is 19.0 Å². The molecule has 1 N–H and O–H groups in total. The summed E-state index contributed by atoms with van der Waals surface area (Å²) in [5.74, 6) is 0.487. The van der Waals surface area contributed by atoms with Crippen LogP contribution in [-0.4, -0.2) is 49.1 Å². The van der Waals surface area contributed by atoms with Crippen LogP contribution in [-0.2, 0) is 0 Å². The average Bonchev–Trinajstić information content (AvgIpc) is 2.25. The minimum atomic E-state index is -0.565. The van der Waals surface area contributed by atoms with Crippen molar-refractivity contribution in [3.63, 3.8) is 0 Å². The molecule has 0 radical (unpaired) electrons. The highest BCUT2D eigenvalue weighted by molar-refractivity contribution is 5.96. The Kier molecular flexibility index (Phi) is 5.12. The lowest BCUT2D eigenvalue weighted by Crippen LogP contribution is -2.30. The molecule has 1 aromatic rings. The van der Waals surface area contributed by atoms with Gasteiger partial charge in [0.05, 0.1) is 5.56 Å². The standard InChI is InChI=1S/C13H19NO3/c1-10(15)12-6-4-5-7-13(12)17-9-11(16)8-14(2)3/h4-7,11,16H,8-9H2,1-3H3. The molecule has 0 bridgehead atoms. The van der Waals surface area contributed by atoms with Crippen molar-refractivity contribution in [1.29, 1.82) is 0 Å². The summed E-state index contributed by atoms with van der Waals surface area (Å²) in [5, 5.41) is 9.66. The maximum absolute atomic E-state index is 11.3. The zero-order chi connectivity index (χ0) is 12.8. The Hall–Kier alpha value is -1.39. The number of hydrogen-bond donors (Lipinski definition) is 1. The van der Waals surface area contributed by atoms with Gasteiger partial charge in [-0.3, -0.25) is 4.79 Å². The second-order valence-corrected chi connectivity index (χ2v) is 4.28. The first kappa shape index (κ1) is 13.7. The zero-order valence-electron chi connectivity index (χ0n) is 10.5. The number of aliphatic hydroxyl groups excluding tert-OH is 1. The molecule has 1 rings (SSSR count). The van der Waals surface area contributed by atoms with Crippen molar-refractivity contribution >= 4 is 5.78 Å². The predicted molar refractivity (Wildman–Crippen MR) is 66.5 cm³/mol. The highest BCUT2D eigenvalue weighted by Crippen LogP contribution is 2.18. The Bertz CT molecular complexity index is 377. The van der Waals surface area contributed by atoms with Crippen molar-refractivity contribution in [2.24, 2.45) is 0 Å². The topological polar surface area (TPSA) is 49.8 Å². The van der Waals surface area contributed by atoms with Gasteiger partial charge in [0, 0.05) is 6.54 Å². The molecule has 0 spiro atoms. The number of aliphatic hydroxyl groups is 1. The number of nitrogens with zero attached hydrogens (tertiary/aromatic N) is 1. The maximum atomic E-state index is 11.3. The first-order valence-electron chi connectivity index (χ1n) is 5.56. The van der Waals surface area contributed by atoms with E-state index in [-0.39, 0.29) is 12.4 Å². The van der Waals surface area contributed by atoms with Gasteiger partial charge in [-0.25, -0.2) is 0 Å². The summed E-state index contributed by atoms with van der Waals surface area (Å²) in [7, 11) is 3.76. The van der Waals surface area contributed by atoms with Crippen LogP contribution in [0.15, 0.2) is 24.3 Å². The first-order valence-corrected chi connectivity index (χ1v) is 5.56. The summed E-state index contributed by atoms with van der Waals surface area (Å²) in [4.78, 5) is 13.2. The van der Waals surface area contributed by atoms with Gasteiger partial charge in [0.15, 0.2) is 5.78 Å². The van der Waals surface area contributed by atoms with E-state index in [1.165, 1.54) is 6.92 Å². The molecule has 0 aliphatic heterocycles. The van der Waals surface area contributed by atoms with Crippen LogP contribution < -0.4 is 4.74 Å². The third-order valence-corrected chi connectivity index (χ3v) is 2.27. The molecule has 1 unspecified atom stereocenters. The average molecular weight is 237 g/mol. The fourth-order valence-electron chi connectivity index (χ4n) is 1.54. The van der Waals surface area contributed by atoms with Crippen LogP contribution >= 0.6 is 0 Å². The number of ketones is 1. The summed E-state index contributed by atoms with van der Waals surface area (Å²) in [6.07, 6.45) is -0.565. The Morgan fingerprint density at radius 2 is 2.06 bits per heavy atom. The van der Waals surface area contributed by atoms with Gasteiger partial charge in [-0.15, -0.1) is 0 Å². The highest BCUT2D eigenvalue weighted by Gasteiger charge is 2.10. The zero-order valence-corrected chi connectivity index (χ0v) is 10.5. The number of rotatable bonds is 6. The number of carbonyl (C=O) groups excluding carboxylic acids is 1. The second-order valence-electron chi connectivity index (χ2n) is 4.28. The molecule has 0 aliphatic carbocycles. The summed E-state index contributed by atoms with van der Waals surface area (Å²) < 4.78 is 5.46. The van der Waals surface area contributed by atoms with Crippen LogP contribution in [0.2, 0.25) is 0 Å². The molecule has 4 nitrogen and oxygen atoms in total. The van der Waals surface area contributed by atoms with E-state index in [1.54, 1.807) is 24.3 Å². The predicted octanol–water partition coefficient (Wildman–Crippen LogP) is 1.19. The van der Waals surface area contributed by atoms with Gasteiger partial charge in [-0.05, 0) is 33.2 Å². The van der Waals surface area contributed by atoms with Gasteiger partial charge in [-0.1, -0.05) is 12.1 Å². The number of carbonyl (C=O) groups is 1. The lowest BCUT2D eigenvalue weighted by Gasteiger charge is -2.17. The van der Waals surface area contributed by atoms with E-state index < -0.39 is 6.10 Å². The van der Waals surface area contributed by atoms with Crippen LogP contribution in [0, 0.1) is 0 Å². The molecule has 0 fully saturated rings. The highest BCUT2D eigenvalue weighted by atomic mass is 16.5. The van der Waals surface area contributed by atoms with Crippen LogP contribution in [0.5, 0.6) is 5.75 Å². The van der Waals surface area contributed by atoms with E-state index >= 15 is 0 Å². The summed E-state index contributed by atoms with van der Waals surface area (Å²) >= 11 is 0. The van der Waals surface area contributed by atoms with Gasteiger partial charge >= 0.3 is 0 Å². The largest absolute Gasteiger partial charge is 0.490 e. The number of ether oxygens (including phenoxy) is 1. The molecular formula is C13H19NO3. The van der Waals surface area contributed by atoms with Gasteiger partial charge in [0.2, 0.25) is 0 Å². The fraction of sp³-hybridized carbons (Fsp3) is 0.462. The molecule has 94 valence electrons. The number of Topliss-reactive ketones (excluding diaryl/α,β-unsaturated/α-hetero) is 1. The van der Waals surface area contributed by atoms with Crippen molar-refractivity contribution in [2.75, 3.05) is 27.2 Å². The van der Waals surface area contributed by atoms with Crippen molar-refractivity contribution in [2.45, 2.75) is 13.0 Å². The van der Waals surface area contributed by atoms with Crippen molar-refractivity contribution in [3.8, 4) is 5.75 Å². The normalized spacial score (nSPS) is 12.5. The van der Waals surface area contributed by atoms with Gasteiger partial charge in [0.25, 0.3) is 0 Å². The van der Waals surface area contributed by atoms with Crippen LogP contribution in [0.3, 0.4) is 0 Å². The molecule has 0 amide bonds. The molecule has 1 atom stereocenters. The Labute approximate surface area is 102 Å². The molecule has 17 heavy (non-hydrogen) atoms. The third kappa shape index (κ3) is 4.54. The van der Waals surface area contributed by atoms with Crippen molar-refractivity contribution < 1.29 is 14.6 Å². The minimum Gasteiger partial charge on any atom is -0.490 e. The van der Waals surface area contributed by atoms with Crippen LogP contribution in [0.1, 0.15) is 17.3 Å². The lowest BCUT2D eigenvalue weighted by atomic mass is 10.1. The number of likely N-dealkylation sites (N-methyl/N-ethyl adjacent to an activating group) is 1.